The fourth-order valence-corrected chi connectivity index (χ4v) is 6.31. The van der Waals surface area contributed by atoms with Crippen LogP contribution in [0.15, 0.2) is 84.9 Å². The van der Waals surface area contributed by atoms with E-state index in [0.717, 1.165) is 35.2 Å². The smallest absolute Gasteiger partial charge is 0.321 e. The summed E-state index contributed by atoms with van der Waals surface area (Å²) in [4.78, 5) is 31.0. The molecule has 0 bridgehead atoms. The molecular formula is C33H38N4O2. The number of nitrogens with zero attached hydrogens (tertiary/aromatic N) is 2. The maximum absolute atomic E-state index is 14.6. The van der Waals surface area contributed by atoms with Crippen LogP contribution >= 0.6 is 0 Å². The predicted octanol–water partition coefficient (Wildman–Crippen LogP) is 6.32. The molecule has 2 aliphatic heterocycles. The summed E-state index contributed by atoms with van der Waals surface area (Å²) in [6, 6.07) is 27.8. The first-order chi connectivity index (χ1) is 18.8. The molecule has 2 fully saturated rings. The van der Waals surface area contributed by atoms with E-state index in [1.165, 1.54) is 0 Å². The van der Waals surface area contributed by atoms with Gasteiger partial charge in [-0.15, -0.1) is 0 Å². The van der Waals surface area contributed by atoms with Crippen LogP contribution in [0.25, 0.3) is 0 Å². The van der Waals surface area contributed by atoms with Crippen LogP contribution in [0.3, 0.4) is 0 Å². The zero-order chi connectivity index (χ0) is 27.6. The minimum absolute atomic E-state index is 0.0185. The number of urea groups is 1. The van der Waals surface area contributed by atoms with Gasteiger partial charge in [0.15, 0.2) is 0 Å². The second-order valence-electron chi connectivity index (χ2n) is 11.1. The van der Waals surface area contributed by atoms with Gasteiger partial charge in [0, 0.05) is 31.2 Å². The molecule has 3 amide bonds. The molecule has 2 saturated heterocycles. The lowest BCUT2D eigenvalue weighted by Crippen LogP contribution is -2.62. The van der Waals surface area contributed by atoms with E-state index >= 15 is 0 Å². The third kappa shape index (κ3) is 4.96. The van der Waals surface area contributed by atoms with E-state index < -0.39 is 5.41 Å². The van der Waals surface area contributed by atoms with E-state index in [-0.39, 0.29) is 29.7 Å². The van der Waals surface area contributed by atoms with Crippen molar-refractivity contribution < 1.29 is 9.59 Å². The molecule has 202 valence electrons. The number of benzene rings is 3. The van der Waals surface area contributed by atoms with Crippen molar-refractivity contribution in [2.24, 2.45) is 17.8 Å². The van der Waals surface area contributed by atoms with Gasteiger partial charge >= 0.3 is 6.03 Å². The number of anilines is 1. The van der Waals surface area contributed by atoms with Crippen molar-refractivity contribution >= 4 is 23.5 Å². The first kappa shape index (κ1) is 26.7. The topological polar surface area (TPSA) is 76.5 Å². The van der Waals surface area contributed by atoms with Gasteiger partial charge in [0.05, 0.1) is 0 Å². The van der Waals surface area contributed by atoms with Gasteiger partial charge in [0.1, 0.15) is 11.3 Å². The van der Waals surface area contributed by atoms with Crippen molar-refractivity contribution in [2.45, 2.75) is 39.0 Å². The largest absolute Gasteiger partial charge is 0.325 e. The highest BCUT2D eigenvalue weighted by atomic mass is 16.2. The third-order valence-corrected chi connectivity index (χ3v) is 8.84. The molecule has 0 saturated carbocycles. The second kappa shape index (κ2) is 11.0. The van der Waals surface area contributed by atoms with Gasteiger partial charge in [-0.2, -0.15) is 0 Å². The summed E-state index contributed by atoms with van der Waals surface area (Å²) in [6.45, 7) is 7.97. The number of carbonyl (C=O) groups is 2. The van der Waals surface area contributed by atoms with E-state index in [0.29, 0.717) is 25.5 Å². The summed E-state index contributed by atoms with van der Waals surface area (Å²) in [7, 11) is 0. The number of hydrogen-bond donors (Lipinski definition) is 2. The Morgan fingerprint density at radius 2 is 1.44 bits per heavy atom. The minimum Gasteiger partial charge on any atom is -0.325 e. The monoisotopic (exact) mass is 522 g/mol. The normalized spacial score (nSPS) is 21.6. The fourth-order valence-electron chi connectivity index (χ4n) is 6.31. The number of nitrogens with one attached hydrogen (secondary N) is 2. The summed E-state index contributed by atoms with van der Waals surface area (Å²) in [5.74, 6) is 0.432. The number of hydrogen-bond acceptors (Lipinski definition) is 3. The number of rotatable bonds is 5. The molecule has 5 rings (SSSR count). The molecule has 2 heterocycles. The van der Waals surface area contributed by atoms with E-state index in [2.05, 4.69) is 19.2 Å². The van der Waals surface area contributed by atoms with Crippen LogP contribution in [0.2, 0.25) is 0 Å². The zero-order valence-corrected chi connectivity index (χ0v) is 23.1. The van der Waals surface area contributed by atoms with E-state index in [4.69, 9.17) is 5.41 Å². The van der Waals surface area contributed by atoms with Crippen molar-refractivity contribution in [1.29, 1.82) is 5.41 Å². The molecule has 2 N–H and O–H groups in total. The van der Waals surface area contributed by atoms with Gasteiger partial charge in [0.25, 0.3) is 0 Å². The molecule has 0 aliphatic carbocycles. The van der Waals surface area contributed by atoms with Gasteiger partial charge in [-0.05, 0) is 54.9 Å². The molecule has 2 atom stereocenters. The summed E-state index contributed by atoms with van der Waals surface area (Å²) in [5, 5.41) is 12.0. The lowest BCUT2D eigenvalue weighted by atomic mass is 9.59. The predicted molar refractivity (Wildman–Crippen MR) is 156 cm³/mol. The van der Waals surface area contributed by atoms with Crippen molar-refractivity contribution in [1.82, 2.24) is 9.80 Å². The molecule has 3 aromatic rings. The van der Waals surface area contributed by atoms with E-state index in [9.17, 15) is 9.59 Å². The summed E-state index contributed by atoms with van der Waals surface area (Å²) < 4.78 is 0. The summed E-state index contributed by atoms with van der Waals surface area (Å²) in [6.07, 6.45) is 1.60. The Labute approximate surface area is 231 Å². The highest BCUT2D eigenvalue weighted by Crippen LogP contribution is 2.48. The molecule has 3 aromatic carbocycles. The van der Waals surface area contributed by atoms with Crippen LogP contribution in [0.1, 0.15) is 43.4 Å². The lowest BCUT2D eigenvalue weighted by Gasteiger charge is -2.50. The standard InChI is InChI=1S/C33H38N4O2/c1-23-14-16-29(17-15-23)35-32(39)36-20-18-26(19-21-36)22-37-30(34)24(2)25(3)33(31(37)38,27-10-6-4-7-11-27)28-12-8-5-9-13-28/h4-17,24-26,34H,18-22H2,1-3H3,(H,35,39)/t24-,25?/m0/s1. The number of likely N-dealkylation sites (tertiary alicyclic amines) is 2. The molecule has 0 aromatic heterocycles. The first-order valence-electron chi connectivity index (χ1n) is 14.0. The molecule has 6 nitrogen and oxygen atoms in total. The third-order valence-electron chi connectivity index (χ3n) is 8.84. The highest BCUT2D eigenvalue weighted by Gasteiger charge is 2.56. The molecule has 39 heavy (non-hydrogen) atoms. The van der Waals surface area contributed by atoms with Crippen molar-refractivity contribution in [2.75, 3.05) is 25.0 Å². The Kier molecular flexibility index (Phi) is 7.56. The number of amides is 3. The highest BCUT2D eigenvalue weighted by molar-refractivity contribution is 6.07. The van der Waals surface area contributed by atoms with Gasteiger partial charge in [-0.1, -0.05) is 92.2 Å². The molecule has 0 spiro atoms. The van der Waals surface area contributed by atoms with Gasteiger partial charge in [-0.25, -0.2) is 4.79 Å². The second-order valence-corrected chi connectivity index (χ2v) is 11.1. The van der Waals surface area contributed by atoms with Crippen molar-refractivity contribution in [3.8, 4) is 0 Å². The van der Waals surface area contributed by atoms with Gasteiger partial charge in [0.2, 0.25) is 5.91 Å². The van der Waals surface area contributed by atoms with Crippen LogP contribution in [-0.2, 0) is 10.2 Å². The summed E-state index contributed by atoms with van der Waals surface area (Å²) >= 11 is 0. The molecule has 1 unspecified atom stereocenters. The van der Waals surface area contributed by atoms with Crippen molar-refractivity contribution in [3.63, 3.8) is 0 Å². The van der Waals surface area contributed by atoms with Gasteiger partial charge < -0.3 is 10.2 Å². The average Bonchev–Trinajstić information content (AvgIpc) is 2.97. The van der Waals surface area contributed by atoms with Crippen LogP contribution in [0, 0.1) is 30.1 Å². The van der Waals surface area contributed by atoms with Crippen molar-refractivity contribution in [3.05, 3.63) is 102 Å². The first-order valence-corrected chi connectivity index (χ1v) is 14.0. The minimum atomic E-state index is -0.860. The number of piperidine rings is 2. The van der Waals surface area contributed by atoms with Crippen LogP contribution in [0.4, 0.5) is 10.5 Å². The SMILES string of the molecule is Cc1ccc(NC(=O)N2CCC(CN3C(=N)[C@@H](C)C(C)C(c4ccccc4)(c4ccccc4)C3=O)CC2)cc1. The number of aryl methyl sites for hydroxylation is 1. The number of amidine groups is 1. The zero-order valence-electron chi connectivity index (χ0n) is 23.1. The summed E-state index contributed by atoms with van der Waals surface area (Å²) in [5.41, 5.74) is 3.03. The maximum atomic E-state index is 14.6. The molecular weight excluding hydrogens is 484 g/mol. The van der Waals surface area contributed by atoms with Gasteiger partial charge in [-0.3, -0.25) is 15.1 Å². The van der Waals surface area contributed by atoms with Crippen LogP contribution < -0.4 is 5.32 Å². The Morgan fingerprint density at radius 3 is 1.97 bits per heavy atom. The van der Waals surface area contributed by atoms with Crippen LogP contribution in [-0.4, -0.2) is 47.2 Å². The lowest BCUT2D eigenvalue weighted by molar-refractivity contribution is -0.137. The average molecular weight is 523 g/mol. The molecule has 0 radical (unpaired) electrons. The van der Waals surface area contributed by atoms with E-state index in [1.807, 2.05) is 96.8 Å². The van der Waals surface area contributed by atoms with E-state index in [1.54, 1.807) is 4.90 Å². The Balaban J connectivity index is 1.35. The number of carbonyl (C=O) groups excluding carboxylic acids is 2. The fraction of sp³-hybridized carbons (Fsp3) is 0.364. The quantitative estimate of drug-likeness (QED) is 0.412. The Bertz CT molecular complexity index is 1280. The van der Waals surface area contributed by atoms with Crippen LogP contribution in [0.5, 0.6) is 0 Å². The molecule has 2 aliphatic rings. The Morgan fingerprint density at radius 1 is 0.897 bits per heavy atom. The molecule has 6 heteroatoms. The Hall–Kier alpha value is -3.93. The maximum Gasteiger partial charge on any atom is 0.321 e.